The highest BCUT2D eigenvalue weighted by Crippen LogP contribution is 2.12. The Morgan fingerprint density at radius 3 is 2.12 bits per heavy atom. The summed E-state index contributed by atoms with van der Waals surface area (Å²) < 4.78 is 0. The number of pyridine rings is 1. The van der Waals surface area contributed by atoms with Crippen LogP contribution in [0.2, 0.25) is 0 Å². The molecule has 1 rings (SSSR count). The summed E-state index contributed by atoms with van der Waals surface area (Å²) in [6.45, 7) is -0.205. The van der Waals surface area contributed by atoms with Gasteiger partial charge in [-0.2, -0.15) is 0 Å². The highest BCUT2D eigenvalue weighted by molar-refractivity contribution is 5.84. The quantitative estimate of drug-likeness (QED) is 0.556. The van der Waals surface area contributed by atoms with E-state index in [1.807, 2.05) is 0 Å². The molecule has 0 saturated carbocycles. The molecule has 0 spiro atoms. The number of amides is 2. The lowest BCUT2D eigenvalue weighted by Gasteiger charge is -2.21. The van der Waals surface area contributed by atoms with Gasteiger partial charge in [0.15, 0.2) is 0 Å². The molecule has 16 heavy (non-hydrogen) atoms. The van der Waals surface area contributed by atoms with Crippen LogP contribution in [0.1, 0.15) is 0 Å². The fourth-order valence-corrected chi connectivity index (χ4v) is 1.20. The van der Waals surface area contributed by atoms with Gasteiger partial charge in [0.05, 0.1) is 25.0 Å². The summed E-state index contributed by atoms with van der Waals surface area (Å²) in [5.74, 6) is -0.766. The van der Waals surface area contributed by atoms with Gasteiger partial charge in [0.1, 0.15) is 5.82 Å². The van der Waals surface area contributed by atoms with Crippen LogP contribution < -0.4 is 22.1 Å². The maximum atomic E-state index is 10.8. The van der Waals surface area contributed by atoms with E-state index in [1.54, 1.807) is 12.1 Å². The molecule has 0 unspecified atom stereocenters. The van der Waals surface area contributed by atoms with Crippen LogP contribution in [-0.4, -0.2) is 29.9 Å². The van der Waals surface area contributed by atoms with Gasteiger partial charge in [-0.3, -0.25) is 9.59 Å². The van der Waals surface area contributed by atoms with E-state index < -0.39 is 11.8 Å². The number of nitrogens with two attached hydrogens (primary N) is 3. The van der Waals surface area contributed by atoms with Crippen molar-refractivity contribution in [2.45, 2.75) is 0 Å². The summed E-state index contributed by atoms with van der Waals surface area (Å²) in [7, 11) is 0. The second-order valence-electron chi connectivity index (χ2n) is 3.23. The summed E-state index contributed by atoms with van der Waals surface area (Å²) >= 11 is 0. The SMILES string of the molecule is NC(=O)CN(CC(N)=O)c1ccc(N)nc1. The van der Waals surface area contributed by atoms with Gasteiger partial charge < -0.3 is 22.1 Å². The Kier molecular flexibility index (Phi) is 3.65. The first-order valence-electron chi connectivity index (χ1n) is 4.52. The second kappa shape index (κ2) is 4.96. The number of hydrogen-bond donors (Lipinski definition) is 3. The van der Waals surface area contributed by atoms with Crippen molar-refractivity contribution in [2.75, 3.05) is 23.7 Å². The number of nitrogen functional groups attached to an aromatic ring is 1. The minimum Gasteiger partial charge on any atom is -0.384 e. The van der Waals surface area contributed by atoms with Crippen molar-refractivity contribution in [3.8, 4) is 0 Å². The number of rotatable bonds is 5. The zero-order valence-electron chi connectivity index (χ0n) is 8.59. The monoisotopic (exact) mass is 223 g/mol. The fraction of sp³-hybridized carbons (Fsp3) is 0.222. The van der Waals surface area contributed by atoms with E-state index in [1.165, 1.54) is 11.1 Å². The molecule has 0 saturated heterocycles. The van der Waals surface area contributed by atoms with Crippen molar-refractivity contribution in [1.82, 2.24) is 4.98 Å². The molecule has 6 N–H and O–H groups in total. The third-order valence-corrected chi connectivity index (χ3v) is 1.83. The van der Waals surface area contributed by atoms with Gasteiger partial charge in [-0.15, -0.1) is 0 Å². The Hall–Kier alpha value is -2.31. The number of nitrogens with zero attached hydrogens (tertiary/aromatic N) is 2. The van der Waals surface area contributed by atoms with Crippen molar-refractivity contribution < 1.29 is 9.59 Å². The Morgan fingerprint density at radius 2 is 1.75 bits per heavy atom. The van der Waals surface area contributed by atoms with E-state index in [9.17, 15) is 9.59 Å². The summed E-state index contributed by atoms with van der Waals surface area (Å²) in [4.78, 5) is 26.9. The zero-order chi connectivity index (χ0) is 12.1. The van der Waals surface area contributed by atoms with Crippen LogP contribution in [0.5, 0.6) is 0 Å². The molecule has 7 heteroatoms. The van der Waals surface area contributed by atoms with Crippen LogP contribution in [-0.2, 0) is 9.59 Å². The number of carbonyl (C=O) groups excluding carboxylic acids is 2. The lowest BCUT2D eigenvalue weighted by Crippen LogP contribution is -2.39. The van der Waals surface area contributed by atoms with Crippen LogP contribution in [0.15, 0.2) is 18.3 Å². The van der Waals surface area contributed by atoms with Gasteiger partial charge in [-0.1, -0.05) is 0 Å². The summed E-state index contributed by atoms with van der Waals surface area (Å²) in [5, 5.41) is 0. The Bertz CT molecular complexity index is 373. The number of hydrogen-bond acceptors (Lipinski definition) is 5. The third-order valence-electron chi connectivity index (χ3n) is 1.83. The lowest BCUT2D eigenvalue weighted by molar-refractivity contribution is -0.117. The van der Waals surface area contributed by atoms with Crippen molar-refractivity contribution >= 4 is 23.3 Å². The van der Waals surface area contributed by atoms with Crippen molar-refractivity contribution in [3.63, 3.8) is 0 Å². The molecule has 7 nitrogen and oxygen atoms in total. The molecule has 1 heterocycles. The van der Waals surface area contributed by atoms with Crippen LogP contribution in [0.25, 0.3) is 0 Å². The van der Waals surface area contributed by atoms with Crippen molar-refractivity contribution in [2.24, 2.45) is 11.5 Å². The molecule has 0 aliphatic rings. The van der Waals surface area contributed by atoms with Gasteiger partial charge in [0.2, 0.25) is 11.8 Å². The van der Waals surface area contributed by atoms with Gasteiger partial charge in [0, 0.05) is 0 Å². The number of aromatic nitrogens is 1. The van der Waals surface area contributed by atoms with E-state index in [2.05, 4.69) is 4.98 Å². The standard InChI is InChI=1S/C9H13N5O2/c10-7-2-1-6(3-13-7)14(4-8(11)15)5-9(12)16/h1-3H,4-5H2,(H2,10,13)(H2,11,15)(H2,12,16). The topological polar surface area (TPSA) is 128 Å². The predicted octanol–water partition coefficient (Wildman–Crippen LogP) is -1.56. The van der Waals surface area contributed by atoms with Gasteiger partial charge >= 0.3 is 0 Å². The average molecular weight is 223 g/mol. The molecule has 0 radical (unpaired) electrons. The molecule has 1 aromatic rings. The maximum Gasteiger partial charge on any atom is 0.236 e. The van der Waals surface area contributed by atoms with Gasteiger partial charge in [-0.25, -0.2) is 4.98 Å². The van der Waals surface area contributed by atoms with Crippen LogP contribution in [0, 0.1) is 0 Å². The van der Waals surface area contributed by atoms with E-state index in [0.29, 0.717) is 11.5 Å². The Morgan fingerprint density at radius 1 is 1.19 bits per heavy atom. The molecule has 0 bridgehead atoms. The summed E-state index contributed by atoms with van der Waals surface area (Å²) in [6, 6.07) is 3.19. The Balaban J connectivity index is 2.86. The zero-order valence-corrected chi connectivity index (χ0v) is 8.59. The first kappa shape index (κ1) is 11.8. The molecule has 86 valence electrons. The molecule has 0 fully saturated rings. The van der Waals surface area contributed by atoms with Crippen molar-refractivity contribution in [3.05, 3.63) is 18.3 Å². The smallest absolute Gasteiger partial charge is 0.236 e. The highest BCUT2D eigenvalue weighted by Gasteiger charge is 2.12. The van der Waals surface area contributed by atoms with Crippen LogP contribution in [0.4, 0.5) is 11.5 Å². The maximum absolute atomic E-state index is 10.8. The highest BCUT2D eigenvalue weighted by atomic mass is 16.2. The first-order chi connectivity index (χ1) is 7.49. The molecular weight excluding hydrogens is 210 g/mol. The minimum absolute atomic E-state index is 0.103. The molecule has 0 aliphatic carbocycles. The molecule has 0 aromatic carbocycles. The molecule has 0 atom stereocenters. The first-order valence-corrected chi connectivity index (χ1v) is 4.52. The fourth-order valence-electron chi connectivity index (χ4n) is 1.20. The van der Waals surface area contributed by atoms with Crippen LogP contribution in [0.3, 0.4) is 0 Å². The number of anilines is 2. The number of carbonyl (C=O) groups is 2. The molecular formula is C9H13N5O2. The predicted molar refractivity (Wildman–Crippen MR) is 59.3 cm³/mol. The van der Waals surface area contributed by atoms with Gasteiger partial charge in [-0.05, 0) is 12.1 Å². The largest absolute Gasteiger partial charge is 0.384 e. The van der Waals surface area contributed by atoms with Crippen LogP contribution >= 0.6 is 0 Å². The van der Waals surface area contributed by atoms with E-state index in [-0.39, 0.29) is 13.1 Å². The second-order valence-corrected chi connectivity index (χ2v) is 3.23. The lowest BCUT2D eigenvalue weighted by atomic mass is 10.3. The minimum atomic E-state index is -0.557. The third kappa shape index (κ3) is 3.45. The summed E-state index contributed by atoms with van der Waals surface area (Å²) in [5.41, 5.74) is 16.1. The summed E-state index contributed by atoms with van der Waals surface area (Å²) in [6.07, 6.45) is 1.45. The molecule has 0 aliphatic heterocycles. The van der Waals surface area contributed by atoms with E-state index >= 15 is 0 Å². The number of primary amides is 2. The van der Waals surface area contributed by atoms with E-state index in [4.69, 9.17) is 17.2 Å². The molecule has 1 aromatic heterocycles. The van der Waals surface area contributed by atoms with E-state index in [0.717, 1.165) is 0 Å². The normalized spacial score (nSPS) is 9.75. The average Bonchev–Trinajstić information content (AvgIpc) is 2.16. The van der Waals surface area contributed by atoms with Crippen molar-refractivity contribution in [1.29, 1.82) is 0 Å². The Labute approximate surface area is 92.2 Å². The molecule has 2 amide bonds. The van der Waals surface area contributed by atoms with Gasteiger partial charge in [0.25, 0.3) is 0 Å².